The summed E-state index contributed by atoms with van der Waals surface area (Å²) in [6.07, 6.45) is 2.53. The first-order chi connectivity index (χ1) is 8.17. The Kier molecular flexibility index (Phi) is 6.68. The van der Waals surface area contributed by atoms with Crippen molar-refractivity contribution in [3.8, 4) is 0 Å². The zero-order chi connectivity index (χ0) is 12.7. The third-order valence-corrected chi connectivity index (χ3v) is 3.74. The van der Waals surface area contributed by atoms with Gasteiger partial charge in [-0.2, -0.15) is 12.6 Å². The summed E-state index contributed by atoms with van der Waals surface area (Å²) in [4.78, 5) is 2.42. The van der Waals surface area contributed by atoms with Crippen molar-refractivity contribution in [1.29, 1.82) is 0 Å². The highest BCUT2D eigenvalue weighted by molar-refractivity contribution is 7.80. The lowest BCUT2D eigenvalue weighted by Crippen LogP contribution is -2.26. The first kappa shape index (κ1) is 14.6. The van der Waals surface area contributed by atoms with Gasteiger partial charge in [-0.15, -0.1) is 0 Å². The lowest BCUT2D eigenvalue weighted by Gasteiger charge is -2.23. The van der Waals surface area contributed by atoms with Gasteiger partial charge < -0.3 is 4.90 Å². The minimum absolute atomic E-state index is 0.720. The van der Waals surface area contributed by atoms with Crippen molar-refractivity contribution in [1.82, 2.24) is 4.90 Å². The van der Waals surface area contributed by atoms with Crippen LogP contribution in [0, 0.1) is 12.8 Å². The van der Waals surface area contributed by atoms with Crippen LogP contribution in [0.2, 0.25) is 0 Å². The summed E-state index contributed by atoms with van der Waals surface area (Å²) in [6, 6.07) is 8.64. The minimum atomic E-state index is 0.720. The molecule has 1 nitrogen and oxygen atoms in total. The third-order valence-electron chi connectivity index (χ3n) is 3.23. The second kappa shape index (κ2) is 7.78. The van der Waals surface area contributed by atoms with Crippen molar-refractivity contribution < 1.29 is 0 Å². The Morgan fingerprint density at radius 1 is 1.29 bits per heavy atom. The first-order valence-electron chi connectivity index (χ1n) is 6.51. The molecule has 1 unspecified atom stereocenters. The van der Waals surface area contributed by atoms with Gasteiger partial charge in [0.15, 0.2) is 0 Å². The van der Waals surface area contributed by atoms with Crippen LogP contribution in [0.25, 0.3) is 0 Å². The molecule has 17 heavy (non-hydrogen) atoms. The molecule has 0 saturated carbocycles. The molecule has 1 atom stereocenters. The van der Waals surface area contributed by atoms with Crippen LogP contribution in [0.5, 0.6) is 0 Å². The Morgan fingerprint density at radius 3 is 2.59 bits per heavy atom. The highest BCUT2D eigenvalue weighted by Crippen LogP contribution is 2.13. The number of hydrogen-bond acceptors (Lipinski definition) is 2. The number of rotatable bonds is 7. The molecule has 0 N–H and O–H groups in total. The Labute approximate surface area is 112 Å². The molecule has 0 radical (unpaired) electrons. The van der Waals surface area contributed by atoms with Crippen molar-refractivity contribution in [2.24, 2.45) is 5.92 Å². The van der Waals surface area contributed by atoms with E-state index in [0.717, 1.165) is 24.8 Å². The van der Waals surface area contributed by atoms with E-state index in [-0.39, 0.29) is 0 Å². The van der Waals surface area contributed by atoms with Crippen molar-refractivity contribution in [2.45, 2.75) is 33.2 Å². The quantitative estimate of drug-likeness (QED) is 0.722. The summed E-state index contributed by atoms with van der Waals surface area (Å²) >= 11 is 4.44. The van der Waals surface area contributed by atoms with E-state index < -0.39 is 0 Å². The molecule has 1 aromatic rings. The molecule has 1 rings (SSSR count). The summed E-state index contributed by atoms with van der Waals surface area (Å²) in [5, 5.41) is 0. The van der Waals surface area contributed by atoms with Crippen LogP contribution >= 0.6 is 12.6 Å². The Bertz CT molecular complexity index is 324. The number of benzene rings is 1. The number of thiol groups is 1. The molecule has 0 aromatic heterocycles. The molecular formula is C15H25NS. The highest BCUT2D eigenvalue weighted by atomic mass is 32.1. The van der Waals surface area contributed by atoms with Gasteiger partial charge in [-0.3, -0.25) is 0 Å². The van der Waals surface area contributed by atoms with Crippen LogP contribution < -0.4 is 0 Å². The van der Waals surface area contributed by atoms with E-state index in [9.17, 15) is 0 Å². The molecule has 0 bridgehead atoms. The van der Waals surface area contributed by atoms with E-state index in [0.29, 0.717) is 0 Å². The molecule has 0 aliphatic heterocycles. The molecule has 0 heterocycles. The maximum Gasteiger partial charge on any atom is 0.0233 e. The second-order valence-electron chi connectivity index (χ2n) is 4.96. The summed E-state index contributed by atoms with van der Waals surface area (Å²) < 4.78 is 0. The number of nitrogens with zero attached hydrogens (tertiary/aromatic N) is 1. The lowest BCUT2D eigenvalue weighted by atomic mass is 10.0. The van der Waals surface area contributed by atoms with E-state index >= 15 is 0 Å². The van der Waals surface area contributed by atoms with E-state index in [4.69, 9.17) is 0 Å². The molecule has 0 aliphatic carbocycles. The fourth-order valence-electron chi connectivity index (χ4n) is 2.23. The maximum atomic E-state index is 4.44. The molecule has 1 aromatic carbocycles. The maximum absolute atomic E-state index is 4.44. The highest BCUT2D eigenvalue weighted by Gasteiger charge is 2.10. The zero-order valence-corrected chi connectivity index (χ0v) is 12.2. The van der Waals surface area contributed by atoms with E-state index in [1.54, 1.807) is 0 Å². The fraction of sp³-hybridized carbons (Fsp3) is 0.600. The molecule has 0 aliphatic rings. The summed E-state index contributed by atoms with van der Waals surface area (Å²) in [5.74, 6) is 1.71. The normalized spacial score (nSPS) is 13.0. The predicted octanol–water partition coefficient (Wildman–Crippen LogP) is 3.77. The molecule has 96 valence electrons. The fourth-order valence-corrected chi connectivity index (χ4v) is 2.53. The van der Waals surface area contributed by atoms with Crippen LogP contribution in [0.3, 0.4) is 0 Å². The Hall–Kier alpha value is -0.470. The third kappa shape index (κ3) is 5.13. The monoisotopic (exact) mass is 251 g/mol. The lowest BCUT2D eigenvalue weighted by molar-refractivity contribution is 0.273. The molecule has 2 heteroatoms. The average molecular weight is 251 g/mol. The van der Waals surface area contributed by atoms with Gasteiger partial charge in [-0.25, -0.2) is 0 Å². The minimum Gasteiger partial charge on any atom is -0.302 e. The zero-order valence-electron chi connectivity index (χ0n) is 11.3. The van der Waals surface area contributed by atoms with Gasteiger partial charge in [0.1, 0.15) is 0 Å². The van der Waals surface area contributed by atoms with Crippen LogP contribution in [-0.4, -0.2) is 24.2 Å². The smallest absolute Gasteiger partial charge is 0.0233 e. The number of hydrogen-bond donors (Lipinski definition) is 1. The van der Waals surface area contributed by atoms with Crippen LogP contribution in [0.15, 0.2) is 24.3 Å². The first-order valence-corrected chi connectivity index (χ1v) is 7.14. The molecule has 0 spiro atoms. The van der Waals surface area contributed by atoms with E-state index in [1.807, 2.05) is 0 Å². The molecule has 0 amide bonds. The van der Waals surface area contributed by atoms with Gasteiger partial charge >= 0.3 is 0 Å². The van der Waals surface area contributed by atoms with Crippen molar-refractivity contribution in [2.75, 3.05) is 19.3 Å². The average Bonchev–Trinajstić information content (AvgIpc) is 2.31. The summed E-state index contributed by atoms with van der Waals surface area (Å²) in [5.41, 5.74) is 2.82. The van der Waals surface area contributed by atoms with E-state index in [2.05, 4.69) is 62.7 Å². The van der Waals surface area contributed by atoms with Gasteiger partial charge in [-0.05, 0) is 43.2 Å². The topological polar surface area (TPSA) is 3.24 Å². The van der Waals surface area contributed by atoms with Crippen LogP contribution in [-0.2, 0) is 6.54 Å². The van der Waals surface area contributed by atoms with Crippen LogP contribution in [0.4, 0.5) is 0 Å². The van der Waals surface area contributed by atoms with Gasteiger partial charge in [0.2, 0.25) is 0 Å². The van der Waals surface area contributed by atoms with Gasteiger partial charge in [0.25, 0.3) is 0 Å². The van der Waals surface area contributed by atoms with Gasteiger partial charge in [-0.1, -0.05) is 37.6 Å². The van der Waals surface area contributed by atoms with Crippen molar-refractivity contribution in [3.63, 3.8) is 0 Å². The van der Waals surface area contributed by atoms with E-state index in [1.165, 1.54) is 24.0 Å². The van der Waals surface area contributed by atoms with Crippen molar-refractivity contribution >= 4 is 12.6 Å². The standard InChI is InChI=1S/C15H25NS/c1-4-7-14(12-17)10-16(3)11-15-9-6-5-8-13(15)2/h5-6,8-9,14,17H,4,7,10-12H2,1-3H3. The second-order valence-corrected chi connectivity index (χ2v) is 5.33. The molecule has 0 fully saturated rings. The summed E-state index contributed by atoms with van der Waals surface area (Å²) in [6.45, 7) is 6.62. The van der Waals surface area contributed by atoms with Gasteiger partial charge in [0, 0.05) is 13.1 Å². The largest absolute Gasteiger partial charge is 0.302 e. The Morgan fingerprint density at radius 2 is 2.00 bits per heavy atom. The predicted molar refractivity (Wildman–Crippen MR) is 79.8 cm³/mol. The Balaban J connectivity index is 2.49. The molecular weight excluding hydrogens is 226 g/mol. The van der Waals surface area contributed by atoms with Gasteiger partial charge in [0.05, 0.1) is 0 Å². The summed E-state index contributed by atoms with van der Waals surface area (Å²) in [7, 11) is 2.21. The SMILES string of the molecule is CCCC(CS)CN(C)Cc1ccccc1C. The van der Waals surface area contributed by atoms with Crippen LogP contribution in [0.1, 0.15) is 30.9 Å². The van der Waals surface area contributed by atoms with Crippen molar-refractivity contribution in [3.05, 3.63) is 35.4 Å². The number of aryl methyl sites for hydroxylation is 1. The molecule has 0 saturated heterocycles.